The van der Waals surface area contributed by atoms with Gasteiger partial charge in [-0.2, -0.15) is 0 Å². The summed E-state index contributed by atoms with van der Waals surface area (Å²) < 4.78 is 10.6. The van der Waals surface area contributed by atoms with E-state index in [1.807, 2.05) is 26.8 Å². The van der Waals surface area contributed by atoms with Gasteiger partial charge in [0.2, 0.25) is 0 Å². The van der Waals surface area contributed by atoms with Gasteiger partial charge < -0.3 is 25.0 Å². The van der Waals surface area contributed by atoms with Gasteiger partial charge in [-0.3, -0.25) is 0 Å². The van der Waals surface area contributed by atoms with Crippen molar-refractivity contribution < 1.29 is 14.3 Å². The normalized spacial score (nSPS) is 16.9. The second-order valence-electron chi connectivity index (χ2n) is 8.00. The average molecular weight is 518 g/mol. The highest BCUT2D eigenvalue weighted by atomic mass is 127. The van der Waals surface area contributed by atoms with E-state index in [4.69, 9.17) is 14.5 Å². The van der Waals surface area contributed by atoms with Gasteiger partial charge in [-0.1, -0.05) is 24.3 Å². The summed E-state index contributed by atoms with van der Waals surface area (Å²) in [6.07, 6.45) is 0.503. The summed E-state index contributed by atoms with van der Waals surface area (Å²) in [5.41, 5.74) is 1.80. The maximum absolute atomic E-state index is 12.0. The summed E-state index contributed by atoms with van der Waals surface area (Å²) in [5.74, 6) is 0.869. The van der Waals surface area contributed by atoms with E-state index in [0.29, 0.717) is 13.2 Å². The van der Waals surface area contributed by atoms with E-state index in [1.165, 1.54) is 0 Å². The maximum atomic E-state index is 12.0. The maximum Gasteiger partial charge on any atom is 0.407 e. The first-order valence-corrected chi connectivity index (χ1v) is 9.90. The van der Waals surface area contributed by atoms with Gasteiger partial charge in [0, 0.05) is 26.7 Å². The molecule has 8 heteroatoms. The summed E-state index contributed by atoms with van der Waals surface area (Å²) >= 11 is 0. The lowest BCUT2D eigenvalue weighted by atomic mass is 10.1. The van der Waals surface area contributed by atoms with E-state index in [-0.39, 0.29) is 36.1 Å². The minimum atomic E-state index is -0.490. The minimum Gasteiger partial charge on any atom is -0.444 e. The molecular weight excluding hydrogens is 483 g/mol. The number of methoxy groups -OCH3 is 1. The van der Waals surface area contributed by atoms with Crippen LogP contribution < -0.4 is 10.6 Å². The van der Waals surface area contributed by atoms with Gasteiger partial charge in [-0.15, -0.1) is 24.0 Å². The second kappa shape index (κ2) is 12.2. The number of alkyl carbamates (subject to hydrolysis) is 1. The number of halogens is 1. The van der Waals surface area contributed by atoms with E-state index >= 15 is 0 Å². The van der Waals surface area contributed by atoms with Crippen molar-refractivity contribution in [2.75, 3.05) is 26.7 Å². The molecule has 7 nitrogen and oxygen atoms in total. The van der Waals surface area contributed by atoms with Gasteiger partial charge in [-0.05, 0) is 45.2 Å². The van der Waals surface area contributed by atoms with Crippen LogP contribution in [0, 0.1) is 0 Å². The molecule has 0 spiro atoms. The molecule has 0 saturated carbocycles. The third-order valence-electron chi connectivity index (χ3n) is 4.26. The first-order valence-electron chi connectivity index (χ1n) is 9.90. The number of aliphatic imine (C=N–C) groups is 1. The fraction of sp³-hybridized carbons (Fsp3) is 0.619. The Bertz CT molecular complexity index is 676. The summed E-state index contributed by atoms with van der Waals surface area (Å²) in [5, 5.41) is 6.31. The quantitative estimate of drug-likeness (QED) is 0.343. The molecular formula is C21H35IN4O3. The number of nitrogens with zero attached hydrogens (tertiary/aromatic N) is 2. The number of carbonyl (C=O) groups excluding carboxylic acids is 1. The summed E-state index contributed by atoms with van der Waals surface area (Å²) in [4.78, 5) is 19.0. The molecule has 29 heavy (non-hydrogen) atoms. The van der Waals surface area contributed by atoms with E-state index in [0.717, 1.165) is 43.1 Å². The van der Waals surface area contributed by atoms with Gasteiger partial charge in [0.25, 0.3) is 0 Å². The number of nitrogens with one attached hydrogen (secondary N) is 2. The number of ether oxygens (including phenoxy) is 2. The fourth-order valence-corrected chi connectivity index (χ4v) is 3.12. The van der Waals surface area contributed by atoms with E-state index in [2.05, 4.69) is 40.7 Å². The molecule has 0 aromatic heterocycles. The topological polar surface area (TPSA) is 75.2 Å². The van der Waals surface area contributed by atoms with Crippen LogP contribution in [0.25, 0.3) is 0 Å². The van der Waals surface area contributed by atoms with Crippen LogP contribution in [0.1, 0.15) is 45.2 Å². The third kappa shape index (κ3) is 9.20. The Hall–Kier alpha value is -1.55. The van der Waals surface area contributed by atoms with Crippen LogP contribution in [0.5, 0.6) is 0 Å². The number of guanidine groups is 1. The summed E-state index contributed by atoms with van der Waals surface area (Å²) in [6.45, 7) is 11.2. The Kier molecular flexibility index (Phi) is 10.7. The van der Waals surface area contributed by atoms with Gasteiger partial charge in [-0.25, -0.2) is 9.79 Å². The smallest absolute Gasteiger partial charge is 0.407 e. The SMILES string of the molecule is CCNC(=NCc1cccc(COC)c1)N1CCC(NC(=O)OC(C)(C)C)C1.I. The van der Waals surface area contributed by atoms with Crippen molar-refractivity contribution >= 4 is 36.0 Å². The van der Waals surface area contributed by atoms with Crippen molar-refractivity contribution in [2.45, 2.75) is 58.9 Å². The Labute approximate surface area is 191 Å². The van der Waals surface area contributed by atoms with E-state index in [9.17, 15) is 4.79 Å². The van der Waals surface area contributed by atoms with Crippen LogP contribution >= 0.6 is 24.0 Å². The first-order chi connectivity index (χ1) is 13.3. The molecule has 1 heterocycles. The molecule has 0 bridgehead atoms. The molecule has 1 fully saturated rings. The van der Waals surface area contributed by atoms with Crippen molar-refractivity contribution in [2.24, 2.45) is 4.99 Å². The lowest BCUT2D eigenvalue weighted by Gasteiger charge is -2.23. The Balaban J connectivity index is 0.00000420. The molecule has 1 amide bonds. The monoisotopic (exact) mass is 518 g/mol. The molecule has 0 aliphatic carbocycles. The van der Waals surface area contributed by atoms with Gasteiger partial charge in [0.1, 0.15) is 5.60 Å². The molecule has 164 valence electrons. The highest BCUT2D eigenvalue weighted by molar-refractivity contribution is 14.0. The van der Waals surface area contributed by atoms with Gasteiger partial charge in [0.15, 0.2) is 5.96 Å². The van der Waals surface area contributed by atoms with E-state index in [1.54, 1.807) is 7.11 Å². The zero-order valence-corrected chi connectivity index (χ0v) is 20.5. The molecule has 2 N–H and O–H groups in total. The molecule has 1 atom stereocenters. The molecule has 0 radical (unpaired) electrons. The third-order valence-corrected chi connectivity index (χ3v) is 4.26. The van der Waals surface area contributed by atoms with Crippen molar-refractivity contribution in [3.63, 3.8) is 0 Å². The Morgan fingerprint density at radius 1 is 1.31 bits per heavy atom. The first kappa shape index (κ1) is 25.5. The fourth-order valence-electron chi connectivity index (χ4n) is 3.12. The van der Waals surface area contributed by atoms with E-state index < -0.39 is 5.60 Å². The van der Waals surface area contributed by atoms with Crippen LogP contribution in [0.2, 0.25) is 0 Å². The molecule has 1 aromatic carbocycles. The highest BCUT2D eigenvalue weighted by Crippen LogP contribution is 2.13. The van der Waals surface area contributed by atoms with Crippen molar-refractivity contribution in [3.8, 4) is 0 Å². The molecule has 1 saturated heterocycles. The minimum absolute atomic E-state index is 0. The number of hydrogen-bond acceptors (Lipinski definition) is 4. The standard InChI is InChI=1S/C21H34N4O3.HI/c1-6-22-19(23-13-16-8-7-9-17(12-16)15-27-5)25-11-10-18(14-25)24-20(26)28-21(2,3)4;/h7-9,12,18H,6,10-11,13-15H2,1-5H3,(H,22,23)(H,24,26);1H. The van der Waals surface area contributed by atoms with Crippen molar-refractivity contribution in [1.82, 2.24) is 15.5 Å². The summed E-state index contributed by atoms with van der Waals surface area (Å²) in [7, 11) is 1.70. The molecule has 1 aliphatic rings. The van der Waals surface area contributed by atoms with Crippen molar-refractivity contribution in [1.29, 1.82) is 0 Å². The lowest BCUT2D eigenvalue weighted by molar-refractivity contribution is 0.0507. The second-order valence-corrected chi connectivity index (χ2v) is 8.00. The predicted molar refractivity (Wildman–Crippen MR) is 127 cm³/mol. The lowest BCUT2D eigenvalue weighted by Crippen LogP contribution is -2.44. The predicted octanol–water partition coefficient (Wildman–Crippen LogP) is 3.52. The number of rotatable bonds is 6. The summed E-state index contributed by atoms with van der Waals surface area (Å²) in [6, 6.07) is 8.33. The number of likely N-dealkylation sites (tertiary alicyclic amines) is 1. The van der Waals surface area contributed by atoms with Crippen molar-refractivity contribution in [3.05, 3.63) is 35.4 Å². The highest BCUT2D eigenvalue weighted by Gasteiger charge is 2.27. The number of amides is 1. The Morgan fingerprint density at radius 2 is 2.03 bits per heavy atom. The zero-order valence-electron chi connectivity index (χ0n) is 18.2. The number of benzene rings is 1. The number of carbonyl (C=O) groups is 1. The molecule has 1 aliphatic heterocycles. The number of hydrogen-bond donors (Lipinski definition) is 2. The molecule has 1 aromatic rings. The molecule has 1 unspecified atom stereocenters. The van der Waals surface area contributed by atoms with Crippen LogP contribution in [0.4, 0.5) is 4.79 Å². The Morgan fingerprint density at radius 3 is 2.69 bits per heavy atom. The van der Waals surface area contributed by atoms with Gasteiger partial charge in [0.05, 0.1) is 19.2 Å². The average Bonchev–Trinajstić information content (AvgIpc) is 3.05. The van der Waals surface area contributed by atoms with Gasteiger partial charge >= 0.3 is 6.09 Å². The van der Waals surface area contributed by atoms with Crippen LogP contribution in [0.3, 0.4) is 0 Å². The van der Waals surface area contributed by atoms with Crippen LogP contribution in [-0.4, -0.2) is 55.3 Å². The largest absolute Gasteiger partial charge is 0.444 e. The molecule has 2 rings (SSSR count). The van der Waals surface area contributed by atoms with Crippen LogP contribution in [-0.2, 0) is 22.6 Å². The zero-order chi connectivity index (χ0) is 20.6. The van der Waals surface area contributed by atoms with Crippen LogP contribution in [0.15, 0.2) is 29.3 Å².